The first kappa shape index (κ1) is 20.9. The number of hydrogen-bond acceptors (Lipinski definition) is 6. The van der Waals surface area contributed by atoms with Crippen LogP contribution in [0.3, 0.4) is 0 Å². The van der Waals surface area contributed by atoms with E-state index >= 15 is 0 Å². The largest absolute Gasteiger partial charge is 0.449 e. The number of rotatable bonds is 7. The molecule has 0 aliphatic carbocycles. The summed E-state index contributed by atoms with van der Waals surface area (Å²) >= 11 is 0. The Morgan fingerprint density at radius 2 is 2.00 bits per heavy atom. The first-order chi connectivity index (χ1) is 12.8. The normalized spacial score (nSPS) is 15.7. The molecule has 1 atom stereocenters. The first-order valence-electron chi connectivity index (χ1n) is 8.70. The maximum Gasteiger partial charge on any atom is 0.338 e. The van der Waals surface area contributed by atoms with Crippen LogP contribution in [0.15, 0.2) is 29.2 Å². The summed E-state index contributed by atoms with van der Waals surface area (Å²) in [6.45, 7) is 2.61. The van der Waals surface area contributed by atoms with Crippen LogP contribution in [0.4, 0.5) is 0 Å². The van der Waals surface area contributed by atoms with Gasteiger partial charge in [-0.2, -0.15) is 9.57 Å². The van der Waals surface area contributed by atoms with Crippen molar-refractivity contribution in [1.29, 1.82) is 5.26 Å². The number of likely N-dealkylation sites (N-methyl/N-ethyl adjacent to an activating group) is 1. The fourth-order valence-corrected chi connectivity index (χ4v) is 4.34. The number of nitriles is 1. The molecular formula is C18H23N3O5S. The second kappa shape index (κ2) is 8.97. The number of hydrogen-bond donors (Lipinski definition) is 0. The van der Waals surface area contributed by atoms with Gasteiger partial charge in [-0.05, 0) is 38.0 Å². The van der Waals surface area contributed by atoms with Gasteiger partial charge in [0.1, 0.15) is 0 Å². The SMILES string of the molecule is C[C@@H](OC(=O)c1cccc(S(=O)(=O)N2CCCC2)c1)C(=O)N(C)CCC#N. The Bertz CT molecular complexity index is 841. The maximum atomic E-state index is 12.6. The minimum Gasteiger partial charge on any atom is -0.449 e. The topological polar surface area (TPSA) is 108 Å². The number of sulfonamides is 1. The van der Waals surface area contributed by atoms with Gasteiger partial charge in [-0.25, -0.2) is 13.2 Å². The molecule has 0 aromatic heterocycles. The van der Waals surface area contributed by atoms with Gasteiger partial charge in [0.05, 0.1) is 22.9 Å². The summed E-state index contributed by atoms with van der Waals surface area (Å²) in [5.74, 6) is -1.21. The predicted octanol–water partition coefficient (Wildman–Crippen LogP) is 1.39. The Morgan fingerprint density at radius 1 is 1.33 bits per heavy atom. The molecule has 0 saturated carbocycles. The monoisotopic (exact) mass is 393 g/mol. The third-order valence-corrected chi connectivity index (χ3v) is 6.23. The average Bonchev–Trinajstić information content (AvgIpc) is 3.21. The second-order valence-corrected chi connectivity index (χ2v) is 8.29. The molecule has 1 aromatic carbocycles. The molecule has 0 unspecified atom stereocenters. The number of benzene rings is 1. The maximum absolute atomic E-state index is 12.6. The lowest BCUT2D eigenvalue weighted by Gasteiger charge is -2.20. The summed E-state index contributed by atoms with van der Waals surface area (Å²) < 4.78 is 31.8. The zero-order valence-corrected chi connectivity index (χ0v) is 16.2. The van der Waals surface area contributed by atoms with Crippen molar-refractivity contribution in [3.05, 3.63) is 29.8 Å². The molecule has 1 saturated heterocycles. The zero-order chi connectivity index (χ0) is 20.0. The van der Waals surface area contributed by atoms with Gasteiger partial charge in [-0.1, -0.05) is 6.07 Å². The van der Waals surface area contributed by atoms with Crippen molar-refractivity contribution in [1.82, 2.24) is 9.21 Å². The number of amides is 1. The quantitative estimate of drug-likeness (QED) is 0.648. The molecule has 1 aliphatic heterocycles. The lowest BCUT2D eigenvalue weighted by molar-refractivity contribution is -0.138. The Balaban J connectivity index is 2.09. The molecule has 9 heteroatoms. The van der Waals surface area contributed by atoms with Gasteiger partial charge in [0.2, 0.25) is 10.0 Å². The van der Waals surface area contributed by atoms with Crippen molar-refractivity contribution in [2.24, 2.45) is 0 Å². The Morgan fingerprint density at radius 3 is 2.63 bits per heavy atom. The van der Waals surface area contributed by atoms with Crippen molar-refractivity contribution < 1.29 is 22.7 Å². The van der Waals surface area contributed by atoms with E-state index in [0.717, 1.165) is 12.8 Å². The summed E-state index contributed by atoms with van der Waals surface area (Å²) in [6, 6.07) is 7.57. The van der Waals surface area contributed by atoms with Gasteiger partial charge in [-0.3, -0.25) is 4.79 Å². The van der Waals surface area contributed by atoms with E-state index in [2.05, 4.69) is 0 Å². The third-order valence-electron chi connectivity index (χ3n) is 4.34. The molecule has 1 aliphatic rings. The van der Waals surface area contributed by atoms with Crippen molar-refractivity contribution in [2.45, 2.75) is 37.2 Å². The number of esters is 1. The Labute approximate surface area is 159 Å². The third kappa shape index (κ3) is 5.05. The van der Waals surface area contributed by atoms with Crippen LogP contribution in [0.25, 0.3) is 0 Å². The predicted molar refractivity (Wildman–Crippen MR) is 97.2 cm³/mol. The van der Waals surface area contributed by atoms with E-state index in [0.29, 0.717) is 13.1 Å². The Hall–Kier alpha value is -2.44. The van der Waals surface area contributed by atoms with Gasteiger partial charge in [0.15, 0.2) is 6.10 Å². The summed E-state index contributed by atoms with van der Waals surface area (Å²) in [5, 5.41) is 8.57. The molecule has 146 valence electrons. The van der Waals surface area contributed by atoms with E-state index in [1.165, 1.54) is 47.4 Å². The molecule has 0 spiro atoms. The van der Waals surface area contributed by atoms with Crippen LogP contribution < -0.4 is 0 Å². The van der Waals surface area contributed by atoms with Crippen molar-refractivity contribution in [3.8, 4) is 6.07 Å². The van der Waals surface area contributed by atoms with E-state index in [1.54, 1.807) is 0 Å². The van der Waals surface area contributed by atoms with Crippen LogP contribution in [0.5, 0.6) is 0 Å². The van der Waals surface area contributed by atoms with Gasteiger partial charge < -0.3 is 9.64 Å². The summed E-state index contributed by atoms with van der Waals surface area (Å²) in [6.07, 6.45) is 0.777. The fourth-order valence-electron chi connectivity index (χ4n) is 2.78. The molecule has 8 nitrogen and oxygen atoms in total. The molecule has 27 heavy (non-hydrogen) atoms. The van der Waals surface area contributed by atoms with Gasteiger partial charge >= 0.3 is 5.97 Å². The van der Waals surface area contributed by atoms with E-state index in [1.807, 2.05) is 6.07 Å². The molecule has 0 N–H and O–H groups in total. The highest BCUT2D eigenvalue weighted by Gasteiger charge is 2.28. The van der Waals surface area contributed by atoms with Crippen molar-refractivity contribution >= 4 is 21.9 Å². The van der Waals surface area contributed by atoms with Crippen LogP contribution in [0.1, 0.15) is 36.5 Å². The zero-order valence-electron chi connectivity index (χ0n) is 15.4. The molecule has 0 radical (unpaired) electrons. The van der Waals surface area contributed by atoms with Crippen LogP contribution in [0.2, 0.25) is 0 Å². The first-order valence-corrected chi connectivity index (χ1v) is 10.1. The number of carbonyl (C=O) groups is 2. The van der Waals surface area contributed by atoms with E-state index < -0.39 is 28.0 Å². The number of nitrogens with zero attached hydrogens (tertiary/aromatic N) is 3. The Kier molecular flexibility index (Phi) is 6.93. The second-order valence-electron chi connectivity index (χ2n) is 6.35. The molecular weight excluding hydrogens is 370 g/mol. The standard InChI is InChI=1S/C18H23N3O5S/c1-14(17(22)20(2)10-6-9-19)26-18(23)15-7-5-8-16(13-15)27(24,25)21-11-3-4-12-21/h5,7-8,13-14H,3-4,6,10-12H2,1-2H3/t14-/m1/s1. The lowest BCUT2D eigenvalue weighted by Crippen LogP contribution is -2.38. The van der Waals surface area contributed by atoms with Gasteiger partial charge in [0, 0.05) is 26.7 Å². The molecule has 0 bridgehead atoms. The van der Waals surface area contributed by atoms with E-state index in [4.69, 9.17) is 10.00 Å². The van der Waals surface area contributed by atoms with E-state index in [-0.39, 0.29) is 23.4 Å². The minimum atomic E-state index is -3.64. The van der Waals surface area contributed by atoms with Crippen molar-refractivity contribution in [2.75, 3.05) is 26.7 Å². The van der Waals surface area contributed by atoms with Crippen LogP contribution in [-0.4, -0.2) is 62.3 Å². The van der Waals surface area contributed by atoms with Gasteiger partial charge in [0.25, 0.3) is 5.91 Å². The number of carbonyl (C=O) groups excluding carboxylic acids is 2. The summed E-state index contributed by atoms with van der Waals surface area (Å²) in [4.78, 5) is 25.8. The number of ether oxygens (including phenoxy) is 1. The van der Waals surface area contributed by atoms with Gasteiger partial charge in [-0.15, -0.1) is 0 Å². The average molecular weight is 393 g/mol. The molecule has 1 amide bonds. The minimum absolute atomic E-state index is 0.0315. The van der Waals surface area contributed by atoms with Crippen LogP contribution in [0, 0.1) is 11.3 Å². The highest BCUT2D eigenvalue weighted by molar-refractivity contribution is 7.89. The molecule has 2 rings (SSSR count). The van der Waals surface area contributed by atoms with Crippen LogP contribution >= 0.6 is 0 Å². The summed E-state index contributed by atoms with van der Waals surface area (Å²) in [7, 11) is -2.12. The lowest BCUT2D eigenvalue weighted by atomic mass is 10.2. The van der Waals surface area contributed by atoms with Crippen molar-refractivity contribution in [3.63, 3.8) is 0 Å². The highest BCUT2D eigenvalue weighted by Crippen LogP contribution is 2.22. The van der Waals surface area contributed by atoms with E-state index in [9.17, 15) is 18.0 Å². The smallest absolute Gasteiger partial charge is 0.338 e. The molecule has 1 heterocycles. The van der Waals surface area contributed by atoms with Crippen LogP contribution in [-0.2, 0) is 19.6 Å². The highest BCUT2D eigenvalue weighted by atomic mass is 32.2. The molecule has 1 aromatic rings. The fraction of sp³-hybridized carbons (Fsp3) is 0.500. The molecule has 1 fully saturated rings. The summed E-state index contributed by atoms with van der Waals surface area (Å²) in [5.41, 5.74) is 0.0644.